The zero-order valence-electron chi connectivity index (χ0n) is 11.7. The lowest BCUT2D eigenvalue weighted by Gasteiger charge is -2.22. The summed E-state index contributed by atoms with van der Waals surface area (Å²) in [6.45, 7) is 8.61. The molecule has 0 bridgehead atoms. The average Bonchev–Trinajstić information content (AvgIpc) is 2.67. The molecule has 0 unspecified atom stereocenters. The van der Waals surface area contributed by atoms with Crippen molar-refractivity contribution < 1.29 is 9.90 Å². The fraction of sp³-hybridized carbons (Fsp3) is 0.467. The fourth-order valence-electron chi connectivity index (χ4n) is 2.47. The monoisotopic (exact) mass is 260 g/mol. The highest BCUT2D eigenvalue weighted by Gasteiger charge is 2.30. The van der Waals surface area contributed by atoms with Crippen molar-refractivity contribution >= 4 is 17.9 Å². The van der Waals surface area contributed by atoms with Crippen LogP contribution in [0.15, 0.2) is 18.3 Å². The third kappa shape index (κ3) is 3.34. The SMILES string of the molecule is Cc1cc(/C=C/C(=O)O)cnc1N1CCC(C)(C)C1. The topological polar surface area (TPSA) is 53.4 Å². The molecule has 1 saturated heterocycles. The molecule has 4 nitrogen and oxygen atoms in total. The summed E-state index contributed by atoms with van der Waals surface area (Å²) in [6.07, 6.45) is 5.61. The number of rotatable bonds is 3. The van der Waals surface area contributed by atoms with Gasteiger partial charge in [0.05, 0.1) is 0 Å². The van der Waals surface area contributed by atoms with Crippen molar-refractivity contribution in [3.63, 3.8) is 0 Å². The van der Waals surface area contributed by atoms with Crippen molar-refractivity contribution in [1.29, 1.82) is 0 Å². The predicted molar refractivity (Wildman–Crippen MR) is 76.3 cm³/mol. The van der Waals surface area contributed by atoms with Crippen LogP contribution in [0.1, 0.15) is 31.4 Å². The van der Waals surface area contributed by atoms with E-state index in [-0.39, 0.29) is 0 Å². The zero-order chi connectivity index (χ0) is 14.0. The normalized spacial score (nSPS) is 18.2. The molecule has 0 aliphatic carbocycles. The number of hydrogen-bond acceptors (Lipinski definition) is 3. The van der Waals surface area contributed by atoms with Crippen LogP contribution in [0.4, 0.5) is 5.82 Å². The first kappa shape index (κ1) is 13.6. The smallest absolute Gasteiger partial charge is 0.328 e. The molecule has 1 fully saturated rings. The number of carboxylic acid groups (broad SMARTS) is 1. The summed E-state index contributed by atoms with van der Waals surface area (Å²) in [6, 6.07) is 1.98. The number of aryl methyl sites for hydroxylation is 1. The van der Waals surface area contributed by atoms with Crippen molar-refractivity contribution in [1.82, 2.24) is 4.98 Å². The van der Waals surface area contributed by atoms with Crippen molar-refractivity contribution in [2.45, 2.75) is 27.2 Å². The number of aromatic nitrogens is 1. The van der Waals surface area contributed by atoms with Crippen LogP contribution in [-0.2, 0) is 4.79 Å². The molecule has 1 N–H and O–H groups in total. The number of aliphatic carboxylic acids is 1. The molecule has 0 radical (unpaired) electrons. The number of nitrogens with zero attached hydrogens (tertiary/aromatic N) is 2. The van der Waals surface area contributed by atoms with E-state index in [0.717, 1.165) is 36.1 Å². The molecule has 0 spiro atoms. The van der Waals surface area contributed by atoms with Gasteiger partial charge in [0.15, 0.2) is 0 Å². The average molecular weight is 260 g/mol. The Morgan fingerprint density at radius 1 is 1.53 bits per heavy atom. The molecule has 1 aliphatic rings. The van der Waals surface area contributed by atoms with Crippen molar-refractivity contribution in [3.8, 4) is 0 Å². The predicted octanol–water partition coefficient (Wildman–Crippen LogP) is 2.72. The van der Waals surface area contributed by atoms with Gasteiger partial charge in [-0.2, -0.15) is 0 Å². The Labute approximate surface area is 113 Å². The van der Waals surface area contributed by atoms with Gasteiger partial charge in [-0.15, -0.1) is 0 Å². The Morgan fingerprint density at radius 3 is 2.79 bits per heavy atom. The van der Waals surface area contributed by atoms with E-state index >= 15 is 0 Å². The fourth-order valence-corrected chi connectivity index (χ4v) is 2.47. The van der Waals surface area contributed by atoms with Crippen LogP contribution in [-0.4, -0.2) is 29.1 Å². The maximum atomic E-state index is 10.5. The summed E-state index contributed by atoms with van der Waals surface area (Å²) >= 11 is 0. The minimum Gasteiger partial charge on any atom is -0.478 e. The zero-order valence-corrected chi connectivity index (χ0v) is 11.7. The van der Waals surface area contributed by atoms with Crippen LogP contribution < -0.4 is 4.90 Å². The van der Waals surface area contributed by atoms with Crippen molar-refractivity contribution in [3.05, 3.63) is 29.5 Å². The van der Waals surface area contributed by atoms with Gasteiger partial charge in [0.2, 0.25) is 0 Å². The first-order chi connectivity index (χ1) is 8.87. The van der Waals surface area contributed by atoms with Crippen LogP contribution >= 0.6 is 0 Å². The van der Waals surface area contributed by atoms with Gasteiger partial charge < -0.3 is 10.0 Å². The van der Waals surface area contributed by atoms with E-state index in [2.05, 4.69) is 23.7 Å². The summed E-state index contributed by atoms with van der Waals surface area (Å²) in [7, 11) is 0. The molecule has 2 heterocycles. The molecule has 0 saturated carbocycles. The lowest BCUT2D eigenvalue weighted by molar-refractivity contribution is -0.131. The molecule has 1 aromatic rings. The van der Waals surface area contributed by atoms with Crippen LogP contribution in [0.3, 0.4) is 0 Å². The molecule has 19 heavy (non-hydrogen) atoms. The Morgan fingerprint density at radius 2 is 2.26 bits per heavy atom. The van der Waals surface area contributed by atoms with E-state index in [4.69, 9.17) is 5.11 Å². The van der Waals surface area contributed by atoms with Gasteiger partial charge in [-0.25, -0.2) is 9.78 Å². The highest BCUT2D eigenvalue weighted by atomic mass is 16.4. The largest absolute Gasteiger partial charge is 0.478 e. The Bertz CT molecular complexity index is 521. The minimum absolute atomic E-state index is 0.343. The molecule has 0 amide bonds. The van der Waals surface area contributed by atoms with Crippen LogP contribution in [0.5, 0.6) is 0 Å². The molecule has 0 aromatic carbocycles. The molecule has 1 aliphatic heterocycles. The second kappa shape index (κ2) is 5.03. The maximum Gasteiger partial charge on any atom is 0.328 e. The molecule has 0 atom stereocenters. The van der Waals surface area contributed by atoms with Gasteiger partial charge >= 0.3 is 5.97 Å². The quantitative estimate of drug-likeness (QED) is 0.849. The first-order valence-corrected chi connectivity index (χ1v) is 6.50. The van der Waals surface area contributed by atoms with Crippen LogP contribution in [0.2, 0.25) is 0 Å². The molecular formula is C15H20N2O2. The summed E-state index contributed by atoms with van der Waals surface area (Å²) in [5.74, 6) is 0.0704. The molecule has 102 valence electrons. The van der Waals surface area contributed by atoms with Crippen molar-refractivity contribution in [2.75, 3.05) is 18.0 Å². The van der Waals surface area contributed by atoms with E-state index in [0.29, 0.717) is 5.41 Å². The molecule has 1 aromatic heterocycles. The van der Waals surface area contributed by atoms with Gasteiger partial charge in [0, 0.05) is 25.4 Å². The molecule has 4 heteroatoms. The Balaban J connectivity index is 2.18. The number of pyridine rings is 1. The lowest BCUT2D eigenvalue weighted by Crippen LogP contribution is -2.24. The van der Waals surface area contributed by atoms with Crippen LogP contribution in [0, 0.1) is 12.3 Å². The van der Waals surface area contributed by atoms with E-state index in [1.54, 1.807) is 12.3 Å². The highest BCUT2D eigenvalue weighted by Crippen LogP contribution is 2.32. The number of carboxylic acids is 1. The summed E-state index contributed by atoms with van der Waals surface area (Å²) < 4.78 is 0. The first-order valence-electron chi connectivity index (χ1n) is 6.50. The number of anilines is 1. The van der Waals surface area contributed by atoms with Crippen LogP contribution in [0.25, 0.3) is 6.08 Å². The van der Waals surface area contributed by atoms with Gasteiger partial charge in [0.1, 0.15) is 5.82 Å². The van der Waals surface area contributed by atoms with E-state index in [9.17, 15) is 4.79 Å². The Hall–Kier alpha value is -1.84. The van der Waals surface area contributed by atoms with Gasteiger partial charge in [-0.3, -0.25) is 0 Å². The third-order valence-electron chi connectivity index (χ3n) is 3.47. The minimum atomic E-state index is -0.942. The maximum absolute atomic E-state index is 10.5. The highest BCUT2D eigenvalue weighted by molar-refractivity contribution is 5.85. The van der Waals surface area contributed by atoms with Gasteiger partial charge in [-0.05, 0) is 42.0 Å². The number of hydrogen-bond donors (Lipinski definition) is 1. The Kier molecular flexibility index (Phi) is 3.60. The second-order valence-electron chi connectivity index (χ2n) is 5.92. The summed E-state index contributed by atoms with van der Waals surface area (Å²) in [5, 5.41) is 8.61. The van der Waals surface area contributed by atoms with Crippen molar-refractivity contribution in [2.24, 2.45) is 5.41 Å². The molecular weight excluding hydrogens is 240 g/mol. The van der Waals surface area contributed by atoms with E-state index in [1.165, 1.54) is 6.42 Å². The summed E-state index contributed by atoms with van der Waals surface area (Å²) in [4.78, 5) is 17.3. The lowest BCUT2D eigenvalue weighted by atomic mass is 9.93. The molecule has 2 rings (SSSR count). The van der Waals surface area contributed by atoms with E-state index < -0.39 is 5.97 Å². The third-order valence-corrected chi connectivity index (χ3v) is 3.47. The second-order valence-corrected chi connectivity index (χ2v) is 5.92. The standard InChI is InChI=1S/C15H20N2O2/c1-11-8-12(4-5-13(18)19)9-16-14(11)17-7-6-15(2,3)10-17/h4-5,8-9H,6-7,10H2,1-3H3,(H,18,19)/b5-4+. The number of carbonyl (C=O) groups is 1. The van der Waals surface area contributed by atoms with Gasteiger partial charge in [-0.1, -0.05) is 13.8 Å². The van der Waals surface area contributed by atoms with E-state index in [1.807, 2.05) is 13.0 Å². The summed E-state index contributed by atoms with van der Waals surface area (Å²) in [5.41, 5.74) is 2.25. The van der Waals surface area contributed by atoms with Gasteiger partial charge in [0.25, 0.3) is 0 Å².